The average Bonchev–Trinajstić information content (AvgIpc) is 2.75. The summed E-state index contributed by atoms with van der Waals surface area (Å²) < 4.78 is 15.3. The molecule has 18 heavy (non-hydrogen) atoms. The van der Waals surface area contributed by atoms with Crippen LogP contribution in [0.1, 0.15) is 16.8 Å². The molecule has 96 valence electrons. The summed E-state index contributed by atoms with van der Waals surface area (Å²) >= 11 is 0. The van der Waals surface area contributed by atoms with Crippen molar-refractivity contribution in [1.82, 2.24) is 15.1 Å². The Morgan fingerprint density at radius 2 is 2.17 bits per heavy atom. The van der Waals surface area contributed by atoms with Gasteiger partial charge in [0.25, 0.3) is 0 Å². The number of aryl methyl sites for hydroxylation is 2. The van der Waals surface area contributed by atoms with Crippen molar-refractivity contribution in [2.45, 2.75) is 19.9 Å². The summed E-state index contributed by atoms with van der Waals surface area (Å²) in [5.41, 5.74) is 2.98. The maximum atomic E-state index is 13.5. The van der Waals surface area contributed by atoms with Crippen LogP contribution in [0.5, 0.6) is 0 Å². The van der Waals surface area contributed by atoms with Gasteiger partial charge in [-0.2, -0.15) is 5.10 Å². The first kappa shape index (κ1) is 12.8. The molecular weight excluding hydrogens is 229 g/mol. The molecule has 0 aliphatic rings. The van der Waals surface area contributed by atoms with Gasteiger partial charge in [-0.1, -0.05) is 17.7 Å². The van der Waals surface area contributed by atoms with Gasteiger partial charge in [-0.3, -0.25) is 4.68 Å². The minimum Gasteiger partial charge on any atom is -0.312 e. The molecule has 0 aliphatic carbocycles. The third-order valence-corrected chi connectivity index (χ3v) is 3.00. The number of halogens is 1. The van der Waals surface area contributed by atoms with E-state index in [2.05, 4.69) is 10.4 Å². The van der Waals surface area contributed by atoms with E-state index in [1.165, 1.54) is 11.8 Å². The molecule has 2 rings (SSSR count). The quantitative estimate of drug-likeness (QED) is 0.821. The molecule has 3 nitrogen and oxygen atoms in total. The highest BCUT2D eigenvalue weighted by Crippen LogP contribution is 2.09. The van der Waals surface area contributed by atoms with Crippen LogP contribution in [0.4, 0.5) is 4.39 Å². The first-order chi connectivity index (χ1) is 8.66. The van der Waals surface area contributed by atoms with Crippen molar-refractivity contribution >= 4 is 0 Å². The molecule has 1 aromatic carbocycles. The minimum atomic E-state index is -0.145. The summed E-state index contributed by atoms with van der Waals surface area (Å²) in [4.78, 5) is 0. The molecule has 1 N–H and O–H groups in total. The van der Waals surface area contributed by atoms with Gasteiger partial charge in [-0.05, 0) is 19.1 Å². The summed E-state index contributed by atoms with van der Waals surface area (Å²) in [7, 11) is 1.93. The van der Waals surface area contributed by atoms with E-state index < -0.39 is 0 Å². The maximum Gasteiger partial charge on any atom is 0.127 e. The molecular formula is C14H18FN3. The van der Waals surface area contributed by atoms with Gasteiger partial charge in [-0.25, -0.2) is 4.39 Å². The molecule has 0 radical (unpaired) electrons. The average molecular weight is 247 g/mol. The van der Waals surface area contributed by atoms with Crippen LogP contribution in [0, 0.1) is 12.7 Å². The number of aromatic nitrogens is 2. The first-order valence-corrected chi connectivity index (χ1v) is 6.09. The summed E-state index contributed by atoms with van der Waals surface area (Å²) in [5, 5.41) is 7.36. The van der Waals surface area contributed by atoms with E-state index in [1.807, 2.05) is 30.8 Å². The lowest BCUT2D eigenvalue weighted by Gasteiger charge is -2.07. The lowest BCUT2D eigenvalue weighted by atomic mass is 10.1. The molecule has 0 atom stereocenters. The summed E-state index contributed by atoms with van der Waals surface area (Å²) in [6.07, 6.45) is 2.68. The Labute approximate surface area is 107 Å². The van der Waals surface area contributed by atoms with E-state index in [1.54, 1.807) is 12.3 Å². The first-order valence-electron chi connectivity index (χ1n) is 6.09. The van der Waals surface area contributed by atoms with E-state index in [0.29, 0.717) is 6.54 Å². The predicted molar refractivity (Wildman–Crippen MR) is 69.8 cm³/mol. The summed E-state index contributed by atoms with van der Waals surface area (Å²) in [6, 6.07) is 7.18. The van der Waals surface area contributed by atoms with Gasteiger partial charge in [-0.15, -0.1) is 0 Å². The molecule has 0 saturated heterocycles. The second kappa shape index (κ2) is 5.78. The van der Waals surface area contributed by atoms with Crippen molar-refractivity contribution in [3.05, 3.63) is 53.1 Å². The zero-order valence-electron chi connectivity index (χ0n) is 10.8. The van der Waals surface area contributed by atoms with Crippen molar-refractivity contribution in [2.24, 2.45) is 7.05 Å². The number of benzene rings is 1. The van der Waals surface area contributed by atoms with Crippen LogP contribution in [-0.4, -0.2) is 16.3 Å². The SMILES string of the molecule is Cc1ccc(F)c(CNCCc2ccnn2C)c1. The van der Waals surface area contributed by atoms with Gasteiger partial charge >= 0.3 is 0 Å². The summed E-state index contributed by atoms with van der Waals surface area (Å²) in [6.45, 7) is 3.34. The Balaban J connectivity index is 1.82. The van der Waals surface area contributed by atoms with Crippen molar-refractivity contribution in [3.8, 4) is 0 Å². The van der Waals surface area contributed by atoms with Gasteiger partial charge in [0.2, 0.25) is 0 Å². The highest BCUT2D eigenvalue weighted by molar-refractivity contribution is 5.23. The van der Waals surface area contributed by atoms with E-state index >= 15 is 0 Å². The predicted octanol–water partition coefficient (Wildman–Crippen LogP) is 2.20. The number of hydrogen-bond acceptors (Lipinski definition) is 2. The second-order valence-electron chi connectivity index (χ2n) is 4.47. The normalized spacial score (nSPS) is 10.8. The van der Waals surface area contributed by atoms with Gasteiger partial charge in [0.05, 0.1) is 0 Å². The Hall–Kier alpha value is -1.68. The lowest BCUT2D eigenvalue weighted by molar-refractivity contribution is 0.583. The molecule has 0 unspecified atom stereocenters. The van der Waals surface area contributed by atoms with Crippen molar-refractivity contribution in [1.29, 1.82) is 0 Å². The fraction of sp³-hybridized carbons (Fsp3) is 0.357. The van der Waals surface area contributed by atoms with Crippen LogP contribution in [0.25, 0.3) is 0 Å². The maximum absolute atomic E-state index is 13.5. The zero-order chi connectivity index (χ0) is 13.0. The van der Waals surface area contributed by atoms with Crippen LogP contribution < -0.4 is 5.32 Å². The molecule has 0 aliphatic heterocycles. The van der Waals surface area contributed by atoms with E-state index in [4.69, 9.17) is 0 Å². The summed E-state index contributed by atoms with van der Waals surface area (Å²) in [5.74, 6) is -0.145. The highest BCUT2D eigenvalue weighted by atomic mass is 19.1. The van der Waals surface area contributed by atoms with Gasteiger partial charge in [0.1, 0.15) is 5.82 Å². The number of nitrogens with one attached hydrogen (secondary N) is 1. The fourth-order valence-electron chi connectivity index (χ4n) is 1.93. The van der Waals surface area contributed by atoms with Gasteiger partial charge in [0, 0.05) is 44.0 Å². The Bertz CT molecular complexity index is 520. The molecule has 0 spiro atoms. The lowest BCUT2D eigenvalue weighted by Crippen LogP contribution is -2.18. The molecule has 0 bridgehead atoms. The molecule has 4 heteroatoms. The van der Waals surface area contributed by atoms with E-state index in [9.17, 15) is 4.39 Å². The molecule has 0 amide bonds. The largest absolute Gasteiger partial charge is 0.312 e. The monoisotopic (exact) mass is 247 g/mol. The third kappa shape index (κ3) is 3.17. The molecule has 2 aromatic rings. The smallest absolute Gasteiger partial charge is 0.127 e. The third-order valence-electron chi connectivity index (χ3n) is 3.00. The van der Waals surface area contributed by atoms with Crippen molar-refractivity contribution < 1.29 is 4.39 Å². The van der Waals surface area contributed by atoms with Crippen LogP contribution in [0.2, 0.25) is 0 Å². The van der Waals surface area contributed by atoms with Crippen molar-refractivity contribution in [2.75, 3.05) is 6.54 Å². The van der Waals surface area contributed by atoms with Crippen molar-refractivity contribution in [3.63, 3.8) is 0 Å². The number of nitrogens with zero attached hydrogens (tertiary/aromatic N) is 2. The molecule has 1 heterocycles. The molecule has 0 saturated carbocycles. The van der Waals surface area contributed by atoms with Gasteiger partial charge < -0.3 is 5.32 Å². The zero-order valence-corrected chi connectivity index (χ0v) is 10.8. The second-order valence-corrected chi connectivity index (χ2v) is 4.47. The highest BCUT2D eigenvalue weighted by Gasteiger charge is 2.02. The molecule has 1 aromatic heterocycles. The standard InChI is InChI=1S/C14H18FN3/c1-11-3-4-14(15)12(9-11)10-16-7-5-13-6-8-17-18(13)2/h3-4,6,8-9,16H,5,7,10H2,1-2H3. The number of hydrogen-bond donors (Lipinski definition) is 1. The number of rotatable bonds is 5. The Morgan fingerprint density at radius 3 is 2.89 bits per heavy atom. The van der Waals surface area contributed by atoms with E-state index in [0.717, 1.165) is 24.1 Å². The van der Waals surface area contributed by atoms with Crippen LogP contribution in [-0.2, 0) is 20.0 Å². The topological polar surface area (TPSA) is 29.9 Å². The van der Waals surface area contributed by atoms with Crippen LogP contribution in [0.3, 0.4) is 0 Å². The van der Waals surface area contributed by atoms with E-state index in [-0.39, 0.29) is 5.82 Å². The van der Waals surface area contributed by atoms with Crippen LogP contribution >= 0.6 is 0 Å². The van der Waals surface area contributed by atoms with Gasteiger partial charge in [0.15, 0.2) is 0 Å². The minimum absolute atomic E-state index is 0.145. The fourth-order valence-corrected chi connectivity index (χ4v) is 1.93. The van der Waals surface area contributed by atoms with Crippen LogP contribution in [0.15, 0.2) is 30.5 Å². The molecule has 0 fully saturated rings. The Kier molecular flexibility index (Phi) is 4.10. The Morgan fingerprint density at radius 1 is 1.33 bits per heavy atom.